The SMILES string of the molecule is CSCc1ccc(CNCc2csc(=O)[nH]2)o1. The van der Waals surface area contributed by atoms with E-state index in [-0.39, 0.29) is 4.87 Å². The molecule has 2 N–H and O–H groups in total. The number of rotatable bonds is 6. The average molecular weight is 270 g/mol. The van der Waals surface area contributed by atoms with E-state index in [1.54, 1.807) is 11.8 Å². The lowest BCUT2D eigenvalue weighted by Gasteiger charge is -2.00. The molecule has 0 radical (unpaired) electrons. The van der Waals surface area contributed by atoms with Gasteiger partial charge in [0.15, 0.2) is 0 Å². The van der Waals surface area contributed by atoms with E-state index in [1.165, 1.54) is 11.3 Å². The first kappa shape index (κ1) is 12.5. The molecule has 0 fully saturated rings. The van der Waals surface area contributed by atoms with Crippen LogP contribution in [0.1, 0.15) is 17.2 Å². The van der Waals surface area contributed by atoms with Crippen LogP contribution in [0, 0.1) is 0 Å². The van der Waals surface area contributed by atoms with Crippen molar-refractivity contribution in [3.63, 3.8) is 0 Å². The van der Waals surface area contributed by atoms with Crippen LogP contribution in [-0.4, -0.2) is 11.2 Å². The van der Waals surface area contributed by atoms with E-state index in [9.17, 15) is 4.79 Å². The molecular formula is C11H14N2O2S2. The fraction of sp³-hybridized carbons (Fsp3) is 0.364. The van der Waals surface area contributed by atoms with E-state index < -0.39 is 0 Å². The second kappa shape index (κ2) is 6.09. The van der Waals surface area contributed by atoms with Crippen molar-refractivity contribution in [1.29, 1.82) is 0 Å². The van der Waals surface area contributed by atoms with Crippen molar-refractivity contribution in [2.45, 2.75) is 18.8 Å². The van der Waals surface area contributed by atoms with Crippen LogP contribution in [0.2, 0.25) is 0 Å². The zero-order valence-corrected chi connectivity index (χ0v) is 11.1. The summed E-state index contributed by atoms with van der Waals surface area (Å²) in [6.45, 7) is 1.32. The van der Waals surface area contributed by atoms with Gasteiger partial charge in [-0.3, -0.25) is 4.79 Å². The smallest absolute Gasteiger partial charge is 0.304 e. The fourth-order valence-electron chi connectivity index (χ4n) is 1.46. The van der Waals surface area contributed by atoms with Crippen molar-refractivity contribution in [3.8, 4) is 0 Å². The number of nitrogens with one attached hydrogen (secondary N) is 2. The molecule has 92 valence electrons. The van der Waals surface area contributed by atoms with Crippen molar-refractivity contribution < 1.29 is 4.42 Å². The molecule has 0 aliphatic heterocycles. The van der Waals surface area contributed by atoms with Crippen LogP contribution in [0.5, 0.6) is 0 Å². The molecule has 0 saturated carbocycles. The van der Waals surface area contributed by atoms with Gasteiger partial charge < -0.3 is 14.7 Å². The highest BCUT2D eigenvalue weighted by molar-refractivity contribution is 7.97. The molecule has 0 bridgehead atoms. The standard InChI is InChI=1S/C11H14N2O2S2/c1-16-7-10-3-2-9(15-10)5-12-4-8-6-17-11(14)13-8/h2-3,6,12H,4-5,7H2,1H3,(H,13,14). The molecule has 6 heteroatoms. The molecule has 0 spiro atoms. The Bertz CT molecular complexity index is 515. The molecule has 2 aromatic heterocycles. The number of aromatic amines is 1. The minimum atomic E-state index is -0.0120. The Hall–Kier alpha value is -0.980. The summed E-state index contributed by atoms with van der Waals surface area (Å²) < 4.78 is 5.61. The van der Waals surface area contributed by atoms with Gasteiger partial charge in [-0.15, -0.1) is 0 Å². The lowest BCUT2D eigenvalue weighted by molar-refractivity contribution is 0.458. The second-order valence-corrected chi connectivity index (χ2v) is 5.29. The first-order valence-electron chi connectivity index (χ1n) is 5.22. The number of hydrogen-bond acceptors (Lipinski definition) is 5. The number of furan rings is 1. The van der Waals surface area contributed by atoms with Gasteiger partial charge in [-0.25, -0.2) is 0 Å². The topological polar surface area (TPSA) is 58.0 Å². The summed E-state index contributed by atoms with van der Waals surface area (Å²) in [5.41, 5.74) is 0.913. The van der Waals surface area contributed by atoms with E-state index in [2.05, 4.69) is 10.3 Å². The fourth-order valence-corrected chi connectivity index (χ4v) is 2.48. The van der Waals surface area contributed by atoms with Crippen molar-refractivity contribution in [1.82, 2.24) is 10.3 Å². The van der Waals surface area contributed by atoms with Gasteiger partial charge in [-0.2, -0.15) is 11.8 Å². The average Bonchev–Trinajstić information content (AvgIpc) is 2.89. The first-order valence-corrected chi connectivity index (χ1v) is 7.49. The molecule has 0 saturated heterocycles. The Balaban J connectivity index is 1.79. The summed E-state index contributed by atoms with van der Waals surface area (Å²) in [4.78, 5) is 13.7. The molecule has 0 unspecified atom stereocenters. The summed E-state index contributed by atoms with van der Waals surface area (Å²) >= 11 is 2.92. The van der Waals surface area contributed by atoms with E-state index in [0.29, 0.717) is 13.1 Å². The van der Waals surface area contributed by atoms with Gasteiger partial charge in [-0.05, 0) is 18.4 Å². The number of thioether (sulfide) groups is 1. The number of thiazole rings is 1. The van der Waals surface area contributed by atoms with Crippen molar-refractivity contribution in [2.75, 3.05) is 6.26 Å². The van der Waals surface area contributed by atoms with Crippen LogP contribution in [0.15, 0.2) is 26.7 Å². The highest BCUT2D eigenvalue weighted by Gasteiger charge is 2.02. The number of H-pyrrole nitrogens is 1. The first-order chi connectivity index (χ1) is 8.28. The largest absolute Gasteiger partial charge is 0.464 e. The lowest BCUT2D eigenvalue weighted by atomic mass is 10.4. The third-order valence-electron chi connectivity index (χ3n) is 2.19. The quantitative estimate of drug-likeness (QED) is 0.844. The maximum absolute atomic E-state index is 10.9. The van der Waals surface area contributed by atoms with Crippen LogP contribution < -0.4 is 10.2 Å². The maximum Gasteiger partial charge on any atom is 0.304 e. The van der Waals surface area contributed by atoms with Crippen LogP contribution in [0.25, 0.3) is 0 Å². The van der Waals surface area contributed by atoms with E-state index in [1.807, 2.05) is 23.8 Å². The molecule has 17 heavy (non-hydrogen) atoms. The van der Waals surface area contributed by atoms with E-state index in [4.69, 9.17) is 4.42 Å². The maximum atomic E-state index is 10.9. The van der Waals surface area contributed by atoms with Gasteiger partial charge in [0.2, 0.25) is 0 Å². The van der Waals surface area contributed by atoms with Crippen LogP contribution in [0.4, 0.5) is 0 Å². The predicted molar refractivity (Wildman–Crippen MR) is 71.4 cm³/mol. The summed E-state index contributed by atoms with van der Waals surface area (Å²) in [6.07, 6.45) is 2.05. The van der Waals surface area contributed by atoms with Gasteiger partial charge in [-0.1, -0.05) is 11.3 Å². The van der Waals surface area contributed by atoms with Gasteiger partial charge in [0.1, 0.15) is 11.5 Å². The molecule has 0 aliphatic rings. The van der Waals surface area contributed by atoms with Gasteiger partial charge in [0.05, 0.1) is 12.3 Å². The Morgan fingerprint density at radius 1 is 1.41 bits per heavy atom. The van der Waals surface area contributed by atoms with Gasteiger partial charge in [0.25, 0.3) is 0 Å². The monoisotopic (exact) mass is 270 g/mol. The van der Waals surface area contributed by atoms with E-state index in [0.717, 1.165) is 23.0 Å². The molecule has 0 atom stereocenters. The van der Waals surface area contributed by atoms with Crippen LogP contribution in [-0.2, 0) is 18.8 Å². The third kappa shape index (κ3) is 3.76. The Kier molecular flexibility index (Phi) is 4.47. The zero-order valence-electron chi connectivity index (χ0n) is 9.49. The predicted octanol–water partition coefficient (Wildman–Crippen LogP) is 2.18. The molecule has 0 amide bonds. The minimum Gasteiger partial charge on any atom is -0.464 e. The molecule has 0 aliphatic carbocycles. The number of aromatic nitrogens is 1. The van der Waals surface area contributed by atoms with Crippen LogP contribution in [0.3, 0.4) is 0 Å². The van der Waals surface area contributed by atoms with Crippen molar-refractivity contribution in [3.05, 3.63) is 44.4 Å². The summed E-state index contributed by atoms with van der Waals surface area (Å²) in [6, 6.07) is 3.98. The highest BCUT2D eigenvalue weighted by Crippen LogP contribution is 2.13. The van der Waals surface area contributed by atoms with Gasteiger partial charge in [0, 0.05) is 17.6 Å². The summed E-state index contributed by atoms with van der Waals surface area (Å²) in [5, 5.41) is 5.05. The minimum absolute atomic E-state index is 0.0120. The van der Waals surface area contributed by atoms with Crippen molar-refractivity contribution >= 4 is 23.1 Å². The van der Waals surface area contributed by atoms with E-state index >= 15 is 0 Å². The van der Waals surface area contributed by atoms with Crippen LogP contribution >= 0.6 is 23.1 Å². The van der Waals surface area contributed by atoms with Gasteiger partial charge >= 0.3 is 4.87 Å². The summed E-state index contributed by atoms with van der Waals surface area (Å²) in [5.74, 6) is 2.82. The molecule has 2 aromatic rings. The summed E-state index contributed by atoms with van der Waals surface area (Å²) in [7, 11) is 0. The van der Waals surface area contributed by atoms with Crippen molar-refractivity contribution in [2.24, 2.45) is 0 Å². The normalized spacial score (nSPS) is 10.9. The highest BCUT2D eigenvalue weighted by atomic mass is 32.2. The molecule has 0 aromatic carbocycles. The molecule has 4 nitrogen and oxygen atoms in total. The molecular weight excluding hydrogens is 256 g/mol. The lowest BCUT2D eigenvalue weighted by Crippen LogP contribution is -2.13. The molecule has 2 rings (SSSR count). The zero-order chi connectivity index (χ0) is 12.1. The number of hydrogen-bond donors (Lipinski definition) is 2. The Morgan fingerprint density at radius 3 is 2.94 bits per heavy atom. The Morgan fingerprint density at radius 2 is 2.24 bits per heavy atom. The second-order valence-electron chi connectivity index (χ2n) is 3.58. The third-order valence-corrected chi connectivity index (χ3v) is 3.48. The Labute approximate surface area is 107 Å². The molecule has 2 heterocycles.